The van der Waals surface area contributed by atoms with E-state index in [2.05, 4.69) is 5.43 Å². The van der Waals surface area contributed by atoms with Crippen LogP contribution in [0.3, 0.4) is 0 Å². The molecule has 21 heavy (non-hydrogen) atoms. The van der Waals surface area contributed by atoms with Gasteiger partial charge in [0, 0.05) is 10.4 Å². The Morgan fingerprint density at radius 1 is 1.05 bits per heavy atom. The summed E-state index contributed by atoms with van der Waals surface area (Å²) in [6.45, 7) is 0. The highest BCUT2D eigenvalue weighted by Gasteiger charge is 2.23. The van der Waals surface area contributed by atoms with E-state index in [1.807, 2.05) is 24.3 Å². The van der Waals surface area contributed by atoms with Crippen LogP contribution in [-0.2, 0) is 0 Å². The maximum absolute atomic E-state index is 6.00. The van der Waals surface area contributed by atoms with Crippen LogP contribution in [0.25, 0.3) is 0 Å². The first kappa shape index (κ1) is 15.9. The van der Waals surface area contributed by atoms with Crippen molar-refractivity contribution in [3.05, 3.63) is 39.0 Å². The number of nitrogens with one attached hydrogen (secondary N) is 1. The zero-order valence-electron chi connectivity index (χ0n) is 12.0. The molecule has 0 fully saturated rings. The number of ether oxygens (including phenoxy) is 3. The van der Waals surface area contributed by atoms with E-state index in [1.54, 1.807) is 21.3 Å². The topological polar surface area (TPSA) is 65.7 Å². The van der Waals surface area contributed by atoms with Gasteiger partial charge in [-0.25, -0.2) is 5.43 Å². The second-order valence-corrected chi connectivity index (χ2v) is 5.91. The zero-order chi connectivity index (χ0) is 15.4. The van der Waals surface area contributed by atoms with Gasteiger partial charge in [0.2, 0.25) is 5.75 Å². The average Bonchev–Trinajstić information content (AvgIpc) is 2.93. The monoisotopic (exact) mass is 328 g/mol. The average molecular weight is 329 g/mol. The Labute approximate surface area is 132 Å². The van der Waals surface area contributed by atoms with Crippen molar-refractivity contribution in [1.29, 1.82) is 0 Å². The molecule has 2 rings (SSSR count). The lowest BCUT2D eigenvalue weighted by Crippen LogP contribution is -2.28. The van der Waals surface area contributed by atoms with Crippen molar-refractivity contribution in [3.8, 4) is 17.2 Å². The van der Waals surface area contributed by atoms with Crippen LogP contribution in [0.5, 0.6) is 17.2 Å². The normalized spacial score (nSPS) is 12.0. The quantitative estimate of drug-likeness (QED) is 0.630. The molecule has 0 saturated heterocycles. The lowest BCUT2D eigenvalue weighted by Gasteiger charge is -2.21. The van der Waals surface area contributed by atoms with Crippen molar-refractivity contribution in [2.24, 2.45) is 5.84 Å². The minimum atomic E-state index is -0.253. The molecule has 1 aromatic carbocycles. The molecule has 0 spiro atoms. The summed E-state index contributed by atoms with van der Waals surface area (Å²) in [5.74, 6) is 7.41. The molecule has 7 heteroatoms. The molecule has 0 bridgehead atoms. The minimum Gasteiger partial charge on any atom is -0.493 e. The van der Waals surface area contributed by atoms with E-state index in [0.29, 0.717) is 21.6 Å². The van der Waals surface area contributed by atoms with Gasteiger partial charge in [0.25, 0.3) is 0 Å². The lowest BCUT2D eigenvalue weighted by molar-refractivity contribution is 0.320. The van der Waals surface area contributed by atoms with Crippen LogP contribution < -0.4 is 25.5 Å². The van der Waals surface area contributed by atoms with Crippen LogP contribution in [0.4, 0.5) is 0 Å². The number of rotatable bonds is 6. The number of thiophene rings is 1. The van der Waals surface area contributed by atoms with Crippen molar-refractivity contribution in [3.63, 3.8) is 0 Å². The van der Waals surface area contributed by atoms with E-state index >= 15 is 0 Å². The third-order valence-corrected chi connectivity index (χ3v) is 4.39. The summed E-state index contributed by atoms with van der Waals surface area (Å²) in [6.07, 6.45) is 0. The van der Waals surface area contributed by atoms with Crippen LogP contribution in [0, 0.1) is 0 Å². The van der Waals surface area contributed by atoms with Crippen molar-refractivity contribution in [1.82, 2.24) is 5.43 Å². The van der Waals surface area contributed by atoms with Gasteiger partial charge >= 0.3 is 0 Å². The molecule has 1 unspecified atom stereocenters. The Morgan fingerprint density at radius 2 is 1.76 bits per heavy atom. The fraction of sp³-hybridized carbons (Fsp3) is 0.286. The molecule has 0 saturated carbocycles. The number of nitrogens with two attached hydrogens (primary N) is 1. The summed E-state index contributed by atoms with van der Waals surface area (Å²) in [7, 11) is 4.72. The first-order valence-corrected chi connectivity index (χ1v) is 7.35. The molecule has 5 nitrogen and oxygen atoms in total. The van der Waals surface area contributed by atoms with Gasteiger partial charge in [0.05, 0.1) is 31.7 Å². The summed E-state index contributed by atoms with van der Waals surface area (Å²) < 4.78 is 16.9. The predicted octanol–water partition coefficient (Wildman–Crippen LogP) is 2.98. The second-order valence-electron chi connectivity index (χ2n) is 4.17. The molecule has 0 amide bonds. The Kier molecular flexibility index (Phi) is 5.30. The van der Waals surface area contributed by atoms with Gasteiger partial charge in [0.1, 0.15) is 0 Å². The standard InChI is InChI=1S/C14H17ClN2O3S/c1-18-9-5-4-8(13(19-2)14(9)20-3)12(17-16)10-6-7-11(15)21-10/h4-7,12,17H,16H2,1-3H3. The van der Waals surface area contributed by atoms with E-state index < -0.39 is 0 Å². The maximum Gasteiger partial charge on any atom is 0.203 e. The molecule has 3 N–H and O–H groups in total. The third kappa shape index (κ3) is 3.08. The molecule has 0 aliphatic heterocycles. The Bertz CT molecular complexity index is 618. The Morgan fingerprint density at radius 3 is 2.24 bits per heavy atom. The zero-order valence-corrected chi connectivity index (χ0v) is 13.5. The molecule has 1 atom stereocenters. The first-order chi connectivity index (χ1) is 10.2. The number of methoxy groups -OCH3 is 3. The number of hydrogen-bond donors (Lipinski definition) is 2. The molecule has 0 aliphatic carbocycles. The molecule has 2 aromatic rings. The Balaban J connectivity index is 2.55. The fourth-order valence-electron chi connectivity index (χ4n) is 2.16. The van der Waals surface area contributed by atoms with E-state index in [9.17, 15) is 0 Å². The van der Waals surface area contributed by atoms with Crippen LogP contribution in [-0.4, -0.2) is 21.3 Å². The molecule has 1 heterocycles. The highest BCUT2D eigenvalue weighted by atomic mass is 35.5. The van der Waals surface area contributed by atoms with Crippen molar-refractivity contribution in [2.75, 3.05) is 21.3 Å². The maximum atomic E-state index is 6.00. The van der Waals surface area contributed by atoms with E-state index in [4.69, 9.17) is 31.7 Å². The van der Waals surface area contributed by atoms with Gasteiger partial charge in [-0.3, -0.25) is 5.84 Å². The number of benzene rings is 1. The van der Waals surface area contributed by atoms with Crippen LogP contribution in [0.1, 0.15) is 16.5 Å². The van der Waals surface area contributed by atoms with Crippen LogP contribution in [0.15, 0.2) is 24.3 Å². The lowest BCUT2D eigenvalue weighted by atomic mass is 10.0. The molecule has 0 aliphatic rings. The number of hydrogen-bond acceptors (Lipinski definition) is 6. The van der Waals surface area contributed by atoms with E-state index in [0.717, 1.165) is 10.4 Å². The molecular formula is C14H17ClN2O3S. The van der Waals surface area contributed by atoms with E-state index in [-0.39, 0.29) is 6.04 Å². The second kappa shape index (κ2) is 7.00. The first-order valence-electron chi connectivity index (χ1n) is 6.16. The molecule has 0 radical (unpaired) electrons. The third-order valence-electron chi connectivity index (χ3n) is 3.09. The van der Waals surface area contributed by atoms with E-state index in [1.165, 1.54) is 11.3 Å². The predicted molar refractivity (Wildman–Crippen MR) is 84.6 cm³/mol. The Hall–Kier alpha value is -1.47. The summed E-state index contributed by atoms with van der Waals surface area (Å²) in [5, 5.41) is 0. The highest BCUT2D eigenvalue weighted by molar-refractivity contribution is 7.16. The van der Waals surface area contributed by atoms with Crippen molar-refractivity contribution < 1.29 is 14.2 Å². The van der Waals surface area contributed by atoms with Gasteiger partial charge in [0.15, 0.2) is 11.5 Å². The molecule has 1 aromatic heterocycles. The molecular weight excluding hydrogens is 312 g/mol. The summed E-state index contributed by atoms with van der Waals surface area (Å²) in [6, 6.07) is 7.21. The fourth-order valence-corrected chi connectivity index (χ4v) is 3.30. The van der Waals surface area contributed by atoms with Gasteiger partial charge in [-0.15, -0.1) is 11.3 Å². The van der Waals surface area contributed by atoms with Gasteiger partial charge in [-0.1, -0.05) is 11.6 Å². The van der Waals surface area contributed by atoms with Gasteiger partial charge in [-0.2, -0.15) is 0 Å². The van der Waals surface area contributed by atoms with Crippen molar-refractivity contribution in [2.45, 2.75) is 6.04 Å². The smallest absolute Gasteiger partial charge is 0.203 e. The SMILES string of the molecule is COc1ccc(C(NN)c2ccc(Cl)s2)c(OC)c1OC. The number of hydrazine groups is 1. The van der Waals surface area contributed by atoms with Crippen LogP contribution in [0.2, 0.25) is 4.34 Å². The highest BCUT2D eigenvalue weighted by Crippen LogP contribution is 2.44. The summed E-state index contributed by atoms with van der Waals surface area (Å²) >= 11 is 7.46. The largest absolute Gasteiger partial charge is 0.493 e. The summed E-state index contributed by atoms with van der Waals surface area (Å²) in [4.78, 5) is 0.980. The van der Waals surface area contributed by atoms with Gasteiger partial charge in [-0.05, 0) is 24.3 Å². The number of halogens is 1. The summed E-state index contributed by atoms with van der Waals surface area (Å²) in [5.41, 5.74) is 3.63. The molecule has 114 valence electrons. The minimum absolute atomic E-state index is 0.253. The van der Waals surface area contributed by atoms with Crippen molar-refractivity contribution >= 4 is 22.9 Å². The van der Waals surface area contributed by atoms with Crippen LogP contribution >= 0.6 is 22.9 Å². The van der Waals surface area contributed by atoms with Gasteiger partial charge < -0.3 is 14.2 Å².